The first kappa shape index (κ1) is 10.9. The fraction of sp³-hybridized carbons (Fsp3) is 0.167. The average molecular weight is 266 g/mol. The van der Waals surface area contributed by atoms with Gasteiger partial charge >= 0.3 is 0 Å². The Kier molecular flexibility index (Phi) is 2.49. The highest BCUT2D eigenvalue weighted by atomic mass is 35.5. The number of rotatable bonds is 1. The molecule has 1 aliphatic rings. The molecule has 17 heavy (non-hydrogen) atoms. The molecule has 0 saturated heterocycles. The number of carbonyl (C=O) groups is 1. The van der Waals surface area contributed by atoms with Crippen molar-refractivity contribution in [3.8, 4) is 0 Å². The molecule has 3 nitrogen and oxygen atoms in total. The number of benzene rings is 1. The molecule has 0 unspecified atom stereocenters. The third kappa shape index (κ3) is 1.51. The van der Waals surface area contributed by atoms with Crippen LogP contribution in [0.4, 0.5) is 0 Å². The van der Waals surface area contributed by atoms with Crippen LogP contribution in [0.15, 0.2) is 28.0 Å². The number of aldehydes is 1. The van der Waals surface area contributed by atoms with Crippen molar-refractivity contribution >= 4 is 40.6 Å². The third-order valence-electron chi connectivity index (χ3n) is 2.89. The normalized spacial score (nSPS) is 13.9. The van der Waals surface area contributed by atoms with Crippen molar-refractivity contribution in [2.24, 2.45) is 0 Å². The van der Waals surface area contributed by atoms with E-state index in [9.17, 15) is 9.59 Å². The molecule has 1 aliphatic heterocycles. The van der Waals surface area contributed by atoms with Crippen LogP contribution in [0, 0.1) is 0 Å². The molecule has 0 atom stereocenters. The average Bonchev–Trinajstić information content (AvgIpc) is 2.78. The molecule has 0 saturated carbocycles. The Morgan fingerprint density at radius 2 is 2.24 bits per heavy atom. The molecular weight excluding hydrogens is 258 g/mol. The number of aryl methyl sites for hydroxylation is 1. The Hall–Kier alpha value is -1.26. The van der Waals surface area contributed by atoms with Crippen LogP contribution in [0.3, 0.4) is 0 Å². The zero-order valence-corrected chi connectivity index (χ0v) is 10.3. The summed E-state index contributed by atoms with van der Waals surface area (Å²) in [5.74, 6) is 0.881. The molecule has 86 valence electrons. The van der Waals surface area contributed by atoms with E-state index in [1.807, 2.05) is 4.57 Å². The minimum Gasteiger partial charge on any atom is -0.334 e. The highest BCUT2D eigenvalue weighted by Gasteiger charge is 2.20. The number of nitrogens with zero attached hydrogens (tertiary/aromatic N) is 1. The van der Waals surface area contributed by atoms with Gasteiger partial charge in [0, 0.05) is 22.7 Å². The van der Waals surface area contributed by atoms with E-state index >= 15 is 0 Å². The van der Waals surface area contributed by atoms with E-state index in [1.165, 1.54) is 0 Å². The summed E-state index contributed by atoms with van der Waals surface area (Å²) in [6.07, 6.45) is 0.653. The van der Waals surface area contributed by atoms with Gasteiger partial charge in [-0.15, -0.1) is 11.8 Å². The highest BCUT2D eigenvalue weighted by molar-refractivity contribution is 7.99. The van der Waals surface area contributed by atoms with E-state index in [2.05, 4.69) is 0 Å². The van der Waals surface area contributed by atoms with Crippen molar-refractivity contribution in [2.45, 2.75) is 11.6 Å². The summed E-state index contributed by atoms with van der Waals surface area (Å²) in [7, 11) is 0. The van der Waals surface area contributed by atoms with E-state index in [0.717, 1.165) is 22.8 Å². The maximum atomic E-state index is 12.1. The van der Waals surface area contributed by atoms with Crippen LogP contribution in [0.2, 0.25) is 5.02 Å². The number of hydrogen-bond acceptors (Lipinski definition) is 3. The number of halogens is 1. The fourth-order valence-electron chi connectivity index (χ4n) is 2.13. The predicted molar refractivity (Wildman–Crippen MR) is 69.3 cm³/mol. The van der Waals surface area contributed by atoms with E-state index < -0.39 is 0 Å². The molecule has 0 fully saturated rings. The molecule has 0 radical (unpaired) electrons. The number of aromatic nitrogens is 1. The van der Waals surface area contributed by atoms with Crippen LogP contribution in [-0.2, 0) is 6.54 Å². The van der Waals surface area contributed by atoms with Gasteiger partial charge < -0.3 is 4.57 Å². The second kappa shape index (κ2) is 3.89. The van der Waals surface area contributed by atoms with E-state index in [4.69, 9.17) is 11.6 Å². The van der Waals surface area contributed by atoms with Gasteiger partial charge in [0.25, 0.3) is 0 Å². The predicted octanol–water partition coefficient (Wildman–Crippen LogP) is 2.57. The standard InChI is InChI=1S/C12H8ClNO2S/c13-7-1-2-8-10(5-7)14-3-4-17-12(14)9(6-15)11(8)16/h1-2,5-6H,3-4H2. The van der Waals surface area contributed by atoms with Crippen molar-refractivity contribution in [1.82, 2.24) is 4.57 Å². The lowest BCUT2D eigenvalue weighted by Gasteiger charge is -2.10. The summed E-state index contributed by atoms with van der Waals surface area (Å²) in [6.45, 7) is 0.804. The number of carbonyl (C=O) groups excluding carboxylic acids is 1. The Bertz CT molecular complexity index is 693. The van der Waals surface area contributed by atoms with Crippen LogP contribution in [0.25, 0.3) is 10.9 Å². The van der Waals surface area contributed by atoms with E-state index in [0.29, 0.717) is 16.7 Å². The zero-order chi connectivity index (χ0) is 12.0. The molecule has 1 aromatic carbocycles. The molecular formula is C12H8ClNO2S. The van der Waals surface area contributed by atoms with Crippen LogP contribution in [0.1, 0.15) is 10.4 Å². The summed E-state index contributed by atoms with van der Waals surface area (Å²) in [5.41, 5.74) is 0.878. The summed E-state index contributed by atoms with van der Waals surface area (Å²) in [5, 5.41) is 1.92. The first-order valence-corrected chi connectivity index (χ1v) is 6.53. The topological polar surface area (TPSA) is 39.1 Å². The van der Waals surface area contributed by atoms with Gasteiger partial charge in [0.05, 0.1) is 16.1 Å². The van der Waals surface area contributed by atoms with Gasteiger partial charge in [-0.3, -0.25) is 9.59 Å². The van der Waals surface area contributed by atoms with Crippen LogP contribution < -0.4 is 5.43 Å². The smallest absolute Gasteiger partial charge is 0.201 e. The lowest BCUT2D eigenvalue weighted by molar-refractivity contribution is 0.111. The van der Waals surface area contributed by atoms with Gasteiger partial charge in [-0.1, -0.05) is 11.6 Å². The minimum absolute atomic E-state index is 0.202. The van der Waals surface area contributed by atoms with E-state index in [-0.39, 0.29) is 11.0 Å². The monoisotopic (exact) mass is 265 g/mol. The van der Waals surface area contributed by atoms with Crippen LogP contribution >= 0.6 is 23.4 Å². The van der Waals surface area contributed by atoms with Crippen LogP contribution in [0.5, 0.6) is 0 Å². The van der Waals surface area contributed by atoms with Crippen molar-refractivity contribution in [2.75, 3.05) is 5.75 Å². The van der Waals surface area contributed by atoms with Crippen molar-refractivity contribution in [3.63, 3.8) is 0 Å². The number of thioether (sulfide) groups is 1. The Balaban J connectivity index is 2.55. The lowest BCUT2D eigenvalue weighted by atomic mass is 10.1. The molecule has 2 aromatic rings. The second-order valence-corrected chi connectivity index (χ2v) is 5.35. The zero-order valence-electron chi connectivity index (χ0n) is 8.77. The first-order valence-electron chi connectivity index (χ1n) is 5.16. The molecule has 0 N–H and O–H groups in total. The molecule has 1 aromatic heterocycles. The number of pyridine rings is 1. The quantitative estimate of drug-likeness (QED) is 0.744. The van der Waals surface area contributed by atoms with Gasteiger partial charge in [0.2, 0.25) is 5.43 Å². The molecule has 0 bridgehead atoms. The summed E-state index contributed by atoms with van der Waals surface area (Å²) in [4.78, 5) is 23.2. The summed E-state index contributed by atoms with van der Waals surface area (Å²) < 4.78 is 2.00. The highest BCUT2D eigenvalue weighted by Crippen LogP contribution is 2.31. The third-order valence-corrected chi connectivity index (χ3v) is 4.22. The number of fused-ring (bicyclic) bond motifs is 3. The molecule has 2 heterocycles. The summed E-state index contributed by atoms with van der Waals surface area (Å²) in [6, 6.07) is 5.14. The number of hydrogen-bond donors (Lipinski definition) is 0. The van der Waals surface area contributed by atoms with Gasteiger partial charge in [-0.25, -0.2) is 0 Å². The van der Waals surface area contributed by atoms with E-state index in [1.54, 1.807) is 30.0 Å². The van der Waals surface area contributed by atoms with Gasteiger partial charge in [0.1, 0.15) is 0 Å². The largest absolute Gasteiger partial charge is 0.334 e. The minimum atomic E-state index is -0.202. The Morgan fingerprint density at radius 1 is 1.41 bits per heavy atom. The fourth-order valence-corrected chi connectivity index (χ4v) is 3.41. The SMILES string of the molecule is O=Cc1c2n(c3cc(Cl)ccc3c1=O)CCS2. The lowest BCUT2D eigenvalue weighted by Crippen LogP contribution is -2.15. The van der Waals surface area contributed by atoms with Crippen molar-refractivity contribution < 1.29 is 4.79 Å². The van der Waals surface area contributed by atoms with Gasteiger partial charge in [-0.05, 0) is 18.2 Å². The second-order valence-electron chi connectivity index (χ2n) is 3.83. The molecule has 0 spiro atoms. The molecule has 0 aliphatic carbocycles. The Morgan fingerprint density at radius 3 is 3.00 bits per heavy atom. The summed E-state index contributed by atoms with van der Waals surface area (Å²) >= 11 is 7.50. The molecule has 3 rings (SSSR count). The Labute approximate surface area is 106 Å². The first-order chi connectivity index (χ1) is 8.22. The van der Waals surface area contributed by atoms with Gasteiger partial charge in [-0.2, -0.15) is 0 Å². The van der Waals surface area contributed by atoms with Gasteiger partial charge in [0.15, 0.2) is 6.29 Å². The van der Waals surface area contributed by atoms with Crippen molar-refractivity contribution in [1.29, 1.82) is 0 Å². The maximum Gasteiger partial charge on any atom is 0.201 e. The van der Waals surface area contributed by atoms with Crippen LogP contribution in [-0.4, -0.2) is 16.6 Å². The molecule has 5 heteroatoms. The maximum absolute atomic E-state index is 12.1. The van der Waals surface area contributed by atoms with Crippen molar-refractivity contribution in [3.05, 3.63) is 39.0 Å². The molecule has 0 amide bonds.